The van der Waals surface area contributed by atoms with Crippen LogP contribution in [0.5, 0.6) is 0 Å². The average Bonchev–Trinajstić information content (AvgIpc) is 2.61. The van der Waals surface area contributed by atoms with Gasteiger partial charge in [0.15, 0.2) is 0 Å². The Kier molecular flexibility index (Phi) is 5.04. The molecule has 1 rings (SSSR count). The maximum Gasteiger partial charge on any atom is 0.129 e. The van der Waals surface area contributed by atoms with Crippen LogP contribution in [0.2, 0.25) is 0 Å². The number of rotatable bonds is 6. The molecule has 14 heavy (non-hydrogen) atoms. The Morgan fingerprint density at radius 1 is 1.43 bits per heavy atom. The Labute approximate surface area is 84.8 Å². The molecule has 0 aliphatic rings. The van der Waals surface area contributed by atoms with Crippen molar-refractivity contribution < 1.29 is 9.15 Å². The van der Waals surface area contributed by atoms with Crippen molar-refractivity contribution in [3.8, 4) is 0 Å². The SMILES string of the molecule is CC=CCOCc1ccc(CNC)o1. The molecule has 1 aromatic heterocycles. The van der Waals surface area contributed by atoms with E-state index in [0.29, 0.717) is 13.2 Å². The molecule has 0 unspecified atom stereocenters. The molecule has 0 aliphatic heterocycles. The molecule has 1 aromatic rings. The van der Waals surface area contributed by atoms with Gasteiger partial charge in [-0.15, -0.1) is 0 Å². The Morgan fingerprint density at radius 2 is 2.21 bits per heavy atom. The highest BCUT2D eigenvalue weighted by Gasteiger charge is 2.00. The van der Waals surface area contributed by atoms with E-state index in [2.05, 4.69) is 5.32 Å². The van der Waals surface area contributed by atoms with Gasteiger partial charge in [-0.1, -0.05) is 12.2 Å². The molecular formula is C11H17NO2. The lowest BCUT2D eigenvalue weighted by atomic mass is 10.4. The quantitative estimate of drug-likeness (QED) is 0.557. The van der Waals surface area contributed by atoms with Crippen LogP contribution in [0, 0.1) is 0 Å². The number of ether oxygens (including phenoxy) is 1. The van der Waals surface area contributed by atoms with Crippen LogP contribution in [0.1, 0.15) is 18.4 Å². The fourth-order valence-electron chi connectivity index (χ4n) is 1.09. The van der Waals surface area contributed by atoms with Gasteiger partial charge in [-0.25, -0.2) is 0 Å². The summed E-state index contributed by atoms with van der Waals surface area (Å²) in [5.74, 6) is 1.82. The fraction of sp³-hybridized carbons (Fsp3) is 0.455. The molecule has 0 saturated carbocycles. The minimum atomic E-state index is 0.536. The van der Waals surface area contributed by atoms with E-state index in [9.17, 15) is 0 Å². The molecule has 0 amide bonds. The predicted molar refractivity (Wildman–Crippen MR) is 55.9 cm³/mol. The highest BCUT2D eigenvalue weighted by molar-refractivity contribution is 5.06. The van der Waals surface area contributed by atoms with Gasteiger partial charge < -0.3 is 14.5 Å². The molecule has 0 aliphatic carbocycles. The Morgan fingerprint density at radius 3 is 2.93 bits per heavy atom. The second-order valence-corrected chi connectivity index (χ2v) is 2.98. The zero-order valence-corrected chi connectivity index (χ0v) is 8.75. The second kappa shape index (κ2) is 6.40. The lowest BCUT2D eigenvalue weighted by Crippen LogP contribution is -2.03. The van der Waals surface area contributed by atoms with Crippen LogP contribution in [-0.2, 0) is 17.9 Å². The maximum absolute atomic E-state index is 5.49. The summed E-state index contributed by atoms with van der Waals surface area (Å²) in [5, 5.41) is 3.03. The van der Waals surface area contributed by atoms with Gasteiger partial charge in [-0.05, 0) is 26.1 Å². The highest BCUT2D eigenvalue weighted by atomic mass is 16.5. The van der Waals surface area contributed by atoms with E-state index in [1.807, 2.05) is 38.3 Å². The number of nitrogens with one attached hydrogen (secondary N) is 1. The fourth-order valence-corrected chi connectivity index (χ4v) is 1.09. The molecule has 0 fully saturated rings. The third-order valence-corrected chi connectivity index (χ3v) is 1.76. The van der Waals surface area contributed by atoms with E-state index in [4.69, 9.17) is 9.15 Å². The molecule has 0 atom stereocenters. The van der Waals surface area contributed by atoms with Crippen molar-refractivity contribution in [2.45, 2.75) is 20.1 Å². The average molecular weight is 195 g/mol. The first-order valence-corrected chi connectivity index (χ1v) is 4.78. The first kappa shape index (κ1) is 11.0. The number of hydrogen-bond donors (Lipinski definition) is 1. The van der Waals surface area contributed by atoms with Crippen molar-refractivity contribution in [3.05, 3.63) is 35.8 Å². The molecule has 0 saturated heterocycles. The Balaban J connectivity index is 2.28. The van der Waals surface area contributed by atoms with Gasteiger partial charge in [0.2, 0.25) is 0 Å². The van der Waals surface area contributed by atoms with Crippen molar-refractivity contribution >= 4 is 0 Å². The summed E-state index contributed by atoms with van der Waals surface area (Å²) in [7, 11) is 1.89. The Bertz CT molecular complexity index is 279. The summed E-state index contributed by atoms with van der Waals surface area (Å²) >= 11 is 0. The van der Waals surface area contributed by atoms with Crippen LogP contribution in [0.3, 0.4) is 0 Å². The molecule has 0 bridgehead atoms. The molecule has 0 spiro atoms. The van der Waals surface area contributed by atoms with Crippen LogP contribution < -0.4 is 5.32 Å². The lowest BCUT2D eigenvalue weighted by molar-refractivity contribution is 0.130. The summed E-state index contributed by atoms with van der Waals surface area (Å²) < 4.78 is 10.8. The minimum absolute atomic E-state index is 0.536. The summed E-state index contributed by atoms with van der Waals surface area (Å²) in [6.07, 6.45) is 3.94. The molecule has 78 valence electrons. The molecule has 1 N–H and O–H groups in total. The van der Waals surface area contributed by atoms with E-state index in [1.165, 1.54) is 0 Å². The maximum atomic E-state index is 5.49. The number of allylic oxidation sites excluding steroid dienone is 1. The lowest BCUT2D eigenvalue weighted by Gasteiger charge is -1.97. The van der Waals surface area contributed by atoms with Crippen molar-refractivity contribution in [2.75, 3.05) is 13.7 Å². The van der Waals surface area contributed by atoms with Crippen LogP contribution in [0.25, 0.3) is 0 Å². The second-order valence-electron chi connectivity index (χ2n) is 2.98. The molecule has 0 radical (unpaired) electrons. The van der Waals surface area contributed by atoms with Crippen LogP contribution >= 0.6 is 0 Å². The van der Waals surface area contributed by atoms with Gasteiger partial charge in [0, 0.05) is 0 Å². The van der Waals surface area contributed by atoms with Crippen LogP contribution in [-0.4, -0.2) is 13.7 Å². The third-order valence-electron chi connectivity index (χ3n) is 1.76. The van der Waals surface area contributed by atoms with Crippen molar-refractivity contribution in [1.29, 1.82) is 0 Å². The summed E-state index contributed by atoms with van der Waals surface area (Å²) in [6, 6.07) is 3.91. The number of hydrogen-bond acceptors (Lipinski definition) is 3. The van der Waals surface area contributed by atoms with Gasteiger partial charge in [-0.3, -0.25) is 0 Å². The zero-order chi connectivity index (χ0) is 10.2. The molecule has 1 heterocycles. The summed E-state index contributed by atoms with van der Waals surface area (Å²) in [6.45, 7) is 3.91. The molecule has 0 aromatic carbocycles. The molecular weight excluding hydrogens is 178 g/mol. The first-order chi connectivity index (χ1) is 6.86. The van der Waals surface area contributed by atoms with Gasteiger partial charge in [0.25, 0.3) is 0 Å². The summed E-state index contributed by atoms with van der Waals surface area (Å²) in [5.41, 5.74) is 0. The largest absolute Gasteiger partial charge is 0.462 e. The van der Waals surface area contributed by atoms with Crippen molar-refractivity contribution in [1.82, 2.24) is 5.32 Å². The normalized spacial score (nSPS) is 11.3. The van der Waals surface area contributed by atoms with Crippen molar-refractivity contribution in [2.24, 2.45) is 0 Å². The zero-order valence-electron chi connectivity index (χ0n) is 8.75. The van der Waals surface area contributed by atoms with E-state index < -0.39 is 0 Å². The third kappa shape index (κ3) is 3.77. The highest BCUT2D eigenvalue weighted by Crippen LogP contribution is 2.08. The Hall–Kier alpha value is -1.06. The van der Waals surface area contributed by atoms with E-state index >= 15 is 0 Å². The van der Waals surface area contributed by atoms with E-state index in [0.717, 1.165) is 18.1 Å². The van der Waals surface area contributed by atoms with Gasteiger partial charge in [0.1, 0.15) is 18.1 Å². The standard InChI is InChI=1S/C11H17NO2/c1-3-4-7-13-9-11-6-5-10(14-11)8-12-2/h3-6,12H,7-9H2,1-2H3. The van der Waals surface area contributed by atoms with Gasteiger partial charge in [0.05, 0.1) is 13.2 Å². The van der Waals surface area contributed by atoms with Crippen LogP contribution in [0.4, 0.5) is 0 Å². The predicted octanol–water partition coefficient (Wildman–Crippen LogP) is 2.09. The van der Waals surface area contributed by atoms with Crippen molar-refractivity contribution in [3.63, 3.8) is 0 Å². The molecule has 3 nitrogen and oxygen atoms in total. The first-order valence-electron chi connectivity index (χ1n) is 4.78. The minimum Gasteiger partial charge on any atom is -0.462 e. The number of furan rings is 1. The van der Waals surface area contributed by atoms with E-state index in [-0.39, 0.29) is 0 Å². The van der Waals surface area contributed by atoms with Crippen LogP contribution in [0.15, 0.2) is 28.7 Å². The smallest absolute Gasteiger partial charge is 0.129 e. The topological polar surface area (TPSA) is 34.4 Å². The van der Waals surface area contributed by atoms with Gasteiger partial charge in [-0.2, -0.15) is 0 Å². The van der Waals surface area contributed by atoms with Gasteiger partial charge >= 0.3 is 0 Å². The van der Waals surface area contributed by atoms with E-state index in [1.54, 1.807) is 0 Å². The summed E-state index contributed by atoms with van der Waals surface area (Å²) in [4.78, 5) is 0. The monoisotopic (exact) mass is 195 g/mol. The molecule has 3 heteroatoms.